The number of rotatable bonds is 2. The van der Waals surface area contributed by atoms with Gasteiger partial charge in [-0.3, -0.25) is 4.79 Å². The Bertz CT molecular complexity index is 362. The van der Waals surface area contributed by atoms with Crippen molar-refractivity contribution in [3.63, 3.8) is 0 Å². The molecule has 0 saturated carbocycles. The van der Waals surface area contributed by atoms with E-state index < -0.39 is 0 Å². The van der Waals surface area contributed by atoms with Gasteiger partial charge in [-0.1, -0.05) is 11.6 Å². The van der Waals surface area contributed by atoms with Crippen LogP contribution in [0.4, 0.5) is 0 Å². The van der Waals surface area contributed by atoms with Crippen LogP contribution in [-0.2, 0) is 0 Å². The van der Waals surface area contributed by atoms with Crippen LogP contribution in [0.3, 0.4) is 0 Å². The summed E-state index contributed by atoms with van der Waals surface area (Å²) in [7, 11) is 0. The molecule has 0 aliphatic carbocycles. The van der Waals surface area contributed by atoms with Crippen molar-refractivity contribution < 1.29 is 9.90 Å². The van der Waals surface area contributed by atoms with Crippen molar-refractivity contribution in [2.24, 2.45) is 5.92 Å². The van der Waals surface area contributed by atoms with Crippen LogP contribution < -0.4 is 0 Å². The number of amides is 1. The summed E-state index contributed by atoms with van der Waals surface area (Å²) in [6.07, 6.45) is 0. The molecule has 80 valence electrons. The molecule has 0 atom stereocenters. The quantitative estimate of drug-likeness (QED) is 0.784. The summed E-state index contributed by atoms with van der Waals surface area (Å²) < 4.78 is 0. The van der Waals surface area contributed by atoms with Gasteiger partial charge < -0.3 is 10.0 Å². The average molecular weight is 228 g/mol. The van der Waals surface area contributed by atoms with Gasteiger partial charge in [0.15, 0.2) is 10.8 Å². The Labute approximate surface area is 91.7 Å². The number of nitrogens with zero attached hydrogens (tertiary/aromatic N) is 3. The van der Waals surface area contributed by atoms with Gasteiger partial charge in [0, 0.05) is 25.6 Å². The number of carbonyl (C=O) groups is 1. The number of carbonyl (C=O) groups excluding carboxylic acids is 1. The van der Waals surface area contributed by atoms with Crippen LogP contribution in [0.5, 0.6) is 0 Å². The third-order valence-corrected chi connectivity index (χ3v) is 2.56. The van der Waals surface area contributed by atoms with E-state index in [1.54, 1.807) is 11.0 Å². The summed E-state index contributed by atoms with van der Waals surface area (Å²) in [5, 5.41) is 16.4. The molecular weight excluding hydrogens is 218 g/mol. The molecule has 6 heteroatoms. The van der Waals surface area contributed by atoms with Gasteiger partial charge in [0.1, 0.15) is 0 Å². The van der Waals surface area contributed by atoms with Gasteiger partial charge >= 0.3 is 0 Å². The lowest BCUT2D eigenvalue weighted by molar-refractivity contribution is 0.0355. The lowest BCUT2D eigenvalue weighted by Gasteiger charge is -2.37. The van der Waals surface area contributed by atoms with Crippen LogP contribution in [-0.4, -0.2) is 45.8 Å². The second kappa shape index (κ2) is 4.12. The molecule has 1 aromatic rings. The highest BCUT2D eigenvalue weighted by Crippen LogP contribution is 2.17. The molecule has 1 aliphatic heterocycles. The maximum Gasteiger partial charge on any atom is 0.274 e. The smallest absolute Gasteiger partial charge is 0.274 e. The first-order valence-corrected chi connectivity index (χ1v) is 4.98. The first-order valence-electron chi connectivity index (χ1n) is 4.60. The van der Waals surface area contributed by atoms with Crippen LogP contribution >= 0.6 is 11.6 Å². The summed E-state index contributed by atoms with van der Waals surface area (Å²) in [5.74, 6) is 0.0399. The lowest BCUT2D eigenvalue weighted by atomic mass is 10.0. The van der Waals surface area contributed by atoms with E-state index in [4.69, 9.17) is 16.7 Å². The van der Waals surface area contributed by atoms with Crippen LogP contribution in [0.15, 0.2) is 12.1 Å². The molecule has 1 N–H and O–H groups in total. The van der Waals surface area contributed by atoms with E-state index in [9.17, 15) is 4.79 Å². The molecule has 1 saturated heterocycles. The molecule has 1 aliphatic rings. The minimum atomic E-state index is -0.163. The van der Waals surface area contributed by atoms with Gasteiger partial charge in [-0.15, -0.1) is 10.2 Å². The van der Waals surface area contributed by atoms with Crippen molar-refractivity contribution in [3.05, 3.63) is 23.0 Å². The van der Waals surface area contributed by atoms with Crippen molar-refractivity contribution >= 4 is 17.5 Å². The van der Waals surface area contributed by atoms with E-state index in [0.29, 0.717) is 13.1 Å². The van der Waals surface area contributed by atoms with Gasteiger partial charge in [-0.2, -0.15) is 0 Å². The van der Waals surface area contributed by atoms with E-state index >= 15 is 0 Å². The molecule has 2 heterocycles. The van der Waals surface area contributed by atoms with Crippen LogP contribution in [0, 0.1) is 5.92 Å². The molecule has 0 radical (unpaired) electrons. The maximum atomic E-state index is 11.7. The zero-order valence-corrected chi connectivity index (χ0v) is 8.68. The maximum absolute atomic E-state index is 11.7. The Kier molecular flexibility index (Phi) is 2.83. The molecule has 1 aromatic heterocycles. The Morgan fingerprint density at radius 3 is 2.80 bits per heavy atom. The number of hydrogen-bond donors (Lipinski definition) is 1. The van der Waals surface area contributed by atoms with Crippen LogP contribution in [0.1, 0.15) is 10.5 Å². The molecule has 5 nitrogen and oxygen atoms in total. The van der Waals surface area contributed by atoms with Gasteiger partial charge in [-0.25, -0.2) is 0 Å². The standard InChI is InChI=1S/C9H10ClN3O2/c10-8-2-1-7(11-12-8)9(15)13-3-6(4-13)5-14/h1-2,6,14H,3-5H2. The molecule has 0 spiro atoms. The minimum absolute atomic E-state index is 0.121. The second-order valence-electron chi connectivity index (χ2n) is 3.50. The Balaban J connectivity index is 2.00. The fourth-order valence-corrected chi connectivity index (χ4v) is 1.54. The fourth-order valence-electron chi connectivity index (χ4n) is 1.44. The summed E-state index contributed by atoms with van der Waals surface area (Å²) in [6.45, 7) is 1.29. The van der Waals surface area contributed by atoms with Crippen molar-refractivity contribution in [1.82, 2.24) is 15.1 Å². The van der Waals surface area contributed by atoms with E-state index in [1.807, 2.05) is 0 Å². The summed E-state index contributed by atoms with van der Waals surface area (Å²) in [6, 6.07) is 3.08. The van der Waals surface area contributed by atoms with Crippen molar-refractivity contribution in [3.8, 4) is 0 Å². The Morgan fingerprint density at radius 1 is 1.53 bits per heavy atom. The number of aliphatic hydroxyl groups is 1. The van der Waals surface area contributed by atoms with Crippen LogP contribution in [0.25, 0.3) is 0 Å². The molecule has 0 unspecified atom stereocenters. The van der Waals surface area contributed by atoms with Crippen LogP contribution in [0.2, 0.25) is 5.15 Å². The van der Waals surface area contributed by atoms with Gasteiger partial charge in [0.05, 0.1) is 0 Å². The van der Waals surface area contributed by atoms with Crippen molar-refractivity contribution in [2.75, 3.05) is 19.7 Å². The highest BCUT2D eigenvalue weighted by Gasteiger charge is 2.31. The predicted molar refractivity (Wildman–Crippen MR) is 53.5 cm³/mol. The Morgan fingerprint density at radius 2 is 2.27 bits per heavy atom. The Hall–Kier alpha value is -1.20. The van der Waals surface area contributed by atoms with Gasteiger partial charge in [0.2, 0.25) is 0 Å². The molecular formula is C9H10ClN3O2. The minimum Gasteiger partial charge on any atom is -0.396 e. The summed E-state index contributed by atoms with van der Waals surface area (Å²) in [5.41, 5.74) is 0.288. The number of halogens is 1. The zero-order chi connectivity index (χ0) is 10.8. The van der Waals surface area contributed by atoms with Crippen molar-refractivity contribution in [2.45, 2.75) is 0 Å². The highest BCUT2D eigenvalue weighted by molar-refractivity contribution is 6.29. The molecule has 2 rings (SSSR count). The number of likely N-dealkylation sites (tertiary alicyclic amines) is 1. The van der Waals surface area contributed by atoms with E-state index in [1.165, 1.54) is 6.07 Å². The third kappa shape index (κ3) is 2.08. The van der Waals surface area contributed by atoms with E-state index in [2.05, 4.69) is 10.2 Å². The predicted octanol–water partition coefficient (Wildman–Crippen LogP) is 0.194. The zero-order valence-electron chi connectivity index (χ0n) is 7.93. The number of aliphatic hydroxyl groups excluding tert-OH is 1. The monoisotopic (exact) mass is 227 g/mol. The normalized spacial score (nSPS) is 16.3. The number of hydrogen-bond acceptors (Lipinski definition) is 4. The molecule has 0 aromatic carbocycles. The third-order valence-electron chi connectivity index (χ3n) is 2.35. The topological polar surface area (TPSA) is 66.3 Å². The number of aromatic nitrogens is 2. The van der Waals surface area contributed by atoms with Crippen molar-refractivity contribution in [1.29, 1.82) is 0 Å². The molecule has 1 amide bonds. The first kappa shape index (κ1) is 10.3. The molecule has 0 bridgehead atoms. The first-order chi connectivity index (χ1) is 7.20. The van der Waals surface area contributed by atoms with E-state index in [0.717, 1.165) is 0 Å². The van der Waals surface area contributed by atoms with Gasteiger partial charge in [-0.05, 0) is 12.1 Å². The lowest BCUT2D eigenvalue weighted by Crippen LogP contribution is -2.51. The highest BCUT2D eigenvalue weighted by atomic mass is 35.5. The fraction of sp³-hybridized carbons (Fsp3) is 0.444. The van der Waals surface area contributed by atoms with E-state index in [-0.39, 0.29) is 29.3 Å². The summed E-state index contributed by atoms with van der Waals surface area (Å²) in [4.78, 5) is 13.3. The SMILES string of the molecule is O=C(c1ccc(Cl)nn1)N1CC(CO)C1. The largest absolute Gasteiger partial charge is 0.396 e. The summed E-state index contributed by atoms with van der Waals surface area (Å²) >= 11 is 5.56. The average Bonchev–Trinajstić information content (AvgIpc) is 2.17. The second-order valence-corrected chi connectivity index (χ2v) is 3.89. The molecule has 15 heavy (non-hydrogen) atoms. The van der Waals surface area contributed by atoms with Gasteiger partial charge in [0.25, 0.3) is 5.91 Å². The molecule has 1 fully saturated rings.